The van der Waals surface area contributed by atoms with Gasteiger partial charge in [-0.2, -0.15) is 11.8 Å². The molecule has 4 heteroatoms. The highest BCUT2D eigenvalue weighted by molar-refractivity contribution is 8.00. The molecule has 0 amide bonds. The number of nitrogens with two attached hydrogens (primary N) is 1. The molecule has 0 aliphatic carbocycles. The third-order valence-corrected chi connectivity index (χ3v) is 4.82. The quantitative estimate of drug-likeness (QED) is 0.802. The average Bonchev–Trinajstić information content (AvgIpc) is 2.78. The Morgan fingerprint density at radius 1 is 1.50 bits per heavy atom. The third-order valence-electron chi connectivity index (χ3n) is 3.28. The Morgan fingerprint density at radius 2 is 2.33 bits per heavy atom. The van der Waals surface area contributed by atoms with Gasteiger partial charge in [-0.25, -0.2) is 0 Å². The lowest BCUT2D eigenvalue weighted by Gasteiger charge is -2.23. The fraction of sp³-hybridized carbons (Fsp3) is 0.571. The van der Waals surface area contributed by atoms with Crippen LogP contribution in [0.15, 0.2) is 18.2 Å². The molecule has 0 aromatic heterocycles. The Hall–Kier alpha value is -1.03. The second-order valence-corrected chi connectivity index (χ2v) is 6.62. The SMILES string of the molecule is CCOc1cc(NCC2(C)CCCS2)ccc1N. The van der Waals surface area contributed by atoms with E-state index in [0.29, 0.717) is 17.0 Å². The molecule has 3 N–H and O–H groups in total. The average molecular weight is 266 g/mol. The highest BCUT2D eigenvalue weighted by atomic mass is 32.2. The van der Waals surface area contributed by atoms with Gasteiger partial charge in [0.25, 0.3) is 0 Å². The minimum atomic E-state index is 0.368. The molecule has 18 heavy (non-hydrogen) atoms. The van der Waals surface area contributed by atoms with E-state index in [4.69, 9.17) is 10.5 Å². The van der Waals surface area contributed by atoms with Gasteiger partial charge in [0.1, 0.15) is 5.75 Å². The lowest BCUT2D eigenvalue weighted by molar-refractivity contribution is 0.342. The molecule has 1 unspecified atom stereocenters. The number of hydrogen-bond donors (Lipinski definition) is 2. The molecule has 1 aliphatic rings. The first-order chi connectivity index (χ1) is 8.63. The molecule has 0 radical (unpaired) electrons. The van der Waals surface area contributed by atoms with Crippen molar-refractivity contribution in [1.29, 1.82) is 0 Å². The van der Waals surface area contributed by atoms with Gasteiger partial charge in [-0.15, -0.1) is 0 Å². The number of nitrogens with one attached hydrogen (secondary N) is 1. The minimum absolute atomic E-state index is 0.368. The van der Waals surface area contributed by atoms with Crippen molar-refractivity contribution in [2.75, 3.05) is 30.0 Å². The molecular formula is C14H22N2OS. The predicted molar refractivity (Wildman–Crippen MR) is 80.6 cm³/mol. The number of anilines is 2. The molecule has 100 valence electrons. The van der Waals surface area contributed by atoms with Gasteiger partial charge >= 0.3 is 0 Å². The Bertz CT molecular complexity index is 403. The number of thioether (sulfide) groups is 1. The van der Waals surface area contributed by atoms with Crippen molar-refractivity contribution in [2.45, 2.75) is 31.4 Å². The maximum absolute atomic E-state index is 5.86. The fourth-order valence-electron chi connectivity index (χ4n) is 2.19. The van der Waals surface area contributed by atoms with Gasteiger partial charge in [0.15, 0.2) is 0 Å². The van der Waals surface area contributed by atoms with E-state index in [9.17, 15) is 0 Å². The van der Waals surface area contributed by atoms with Gasteiger partial charge in [0.05, 0.1) is 12.3 Å². The molecule has 0 spiro atoms. The lowest BCUT2D eigenvalue weighted by atomic mass is 10.1. The van der Waals surface area contributed by atoms with Gasteiger partial charge in [-0.3, -0.25) is 0 Å². The van der Waals surface area contributed by atoms with Crippen molar-refractivity contribution >= 4 is 23.1 Å². The number of hydrogen-bond acceptors (Lipinski definition) is 4. The van der Waals surface area contributed by atoms with Crippen LogP contribution in [0.5, 0.6) is 5.75 Å². The van der Waals surface area contributed by atoms with Gasteiger partial charge in [0.2, 0.25) is 0 Å². The van der Waals surface area contributed by atoms with E-state index in [1.54, 1.807) is 0 Å². The highest BCUT2D eigenvalue weighted by Crippen LogP contribution is 2.38. The summed E-state index contributed by atoms with van der Waals surface area (Å²) in [7, 11) is 0. The molecule has 1 aromatic carbocycles. The predicted octanol–water partition coefficient (Wildman–Crippen LogP) is 3.37. The lowest BCUT2D eigenvalue weighted by Crippen LogP contribution is -2.27. The largest absolute Gasteiger partial charge is 0.492 e. The van der Waals surface area contributed by atoms with Crippen LogP contribution in [0.1, 0.15) is 26.7 Å². The van der Waals surface area contributed by atoms with Crippen molar-refractivity contribution in [2.24, 2.45) is 0 Å². The Balaban J connectivity index is 1.98. The molecule has 3 nitrogen and oxygen atoms in total. The van der Waals surface area contributed by atoms with E-state index in [1.807, 2.05) is 25.1 Å². The fourth-order valence-corrected chi connectivity index (χ4v) is 3.43. The van der Waals surface area contributed by atoms with Gasteiger partial charge in [-0.05, 0) is 44.6 Å². The Labute approximate surface area is 113 Å². The van der Waals surface area contributed by atoms with Crippen LogP contribution < -0.4 is 15.8 Å². The van der Waals surface area contributed by atoms with Gasteiger partial charge in [0, 0.05) is 23.0 Å². The Kier molecular flexibility index (Phi) is 4.27. The van der Waals surface area contributed by atoms with Crippen LogP contribution >= 0.6 is 11.8 Å². The number of ether oxygens (including phenoxy) is 1. The van der Waals surface area contributed by atoms with E-state index < -0.39 is 0 Å². The molecule has 1 saturated heterocycles. The summed E-state index contributed by atoms with van der Waals surface area (Å²) in [6.45, 7) is 5.93. The zero-order chi connectivity index (χ0) is 13.0. The minimum Gasteiger partial charge on any atom is -0.492 e. The third kappa shape index (κ3) is 3.25. The highest BCUT2D eigenvalue weighted by Gasteiger charge is 2.28. The monoisotopic (exact) mass is 266 g/mol. The van der Waals surface area contributed by atoms with Crippen LogP contribution in [-0.2, 0) is 0 Å². The molecule has 1 aromatic rings. The standard InChI is InChI=1S/C14H22N2OS/c1-3-17-13-9-11(5-6-12(13)15)16-10-14(2)7-4-8-18-14/h5-6,9,16H,3-4,7-8,10,15H2,1-2H3. The molecular weight excluding hydrogens is 244 g/mol. The summed E-state index contributed by atoms with van der Waals surface area (Å²) in [5.41, 5.74) is 7.65. The normalized spacial score (nSPS) is 23.0. The maximum atomic E-state index is 5.86. The van der Waals surface area contributed by atoms with Crippen LogP contribution in [-0.4, -0.2) is 23.7 Å². The van der Waals surface area contributed by atoms with Gasteiger partial charge in [-0.1, -0.05) is 0 Å². The molecule has 1 atom stereocenters. The van der Waals surface area contributed by atoms with Crippen molar-refractivity contribution in [3.8, 4) is 5.75 Å². The first kappa shape index (κ1) is 13.4. The summed E-state index contributed by atoms with van der Waals surface area (Å²) in [6, 6.07) is 5.90. The smallest absolute Gasteiger partial charge is 0.144 e. The second-order valence-electron chi connectivity index (χ2n) is 4.94. The first-order valence-corrected chi connectivity index (χ1v) is 7.52. The van der Waals surface area contributed by atoms with Gasteiger partial charge < -0.3 is 15.8 Å². The molecule has 1 heterocycles. The number of nitrogen functional groups attached to an aromatic ring is 1. The van der Waals surface area contributed by atoms with Crippen molar-refractivity contribution < 1.29 is 4.74 Å². The summed E-state index contributed by atoms with van der Waals surface area (Å²) in [5.74, 6) is 2.05. The van der Waals surface area contributed by atoms with E-state index in [0.717, 1.165) is 18.0 Å². The van der Waals surface area contributed by atoms with Crippen LogP contribution in [0, 0.1) is 0 Å². The second kappa shape index (κ2) is 5.74. The summed E-state index contributed by atoms with van der Waals surface area (Å²) in [4.78, 5) is 0. The topological polar surface area (TPSA) is 47.3 Å². The summed E-state index contributed by atoms with van der Waals surface area (Å²) in [6.07, 6.45) is 2.62. The molecule has 0 saturated carbocycles. The Morgan fingerprint density at radius 3 is 3.00 bits per heavy atom. The number of rotatable bonds is 5. The molecule has 2 rings (SSSR count). The van der Waals surface area contributed by atoms with Crippen molar-refractivity contribution in [1.82, 2.24) is 0 Å². The van der Waals surface area contributed by atoms with Crippen LogP contribution in [0.3, 0.4) is 0 Å². The van der Waals surface area contributed by atoms with Crippen molar-refractivity contribution in [3.63, 3.8) is 0 Å². The molecule has 1 fully saturated rings. The maximum Gasteiger partial charge on any atom is 0.144 e. The zero-order valence-electron chi connectivity index (χ0n) is 11.2. The zero-order valence-corrected chi connectivity index (χ0v) is 12.0. The van der Waals surface area contributed by atoms with Crippen molar-refractivity contribution in [3.05, 3.63) is 18.2 Å². The van der Waals surface area contributed by atoms with Crippen LogP contribution in [0.25, 0.3) is 0 Å². The van der Waals surface area contributed by atoms with E-state index >= 15 is 0 Å². The van der Waals surface area contributed by atoms with E-state index in [2.05, 4.69) is 24.0 Å². The summed E-state index contributed by atoms with van der Waals surface area (Å²) >= 11 is 2.06. The molecule has 0 bridgehead atoms. The summed E-state index contributed by atoms with van der Waals surface area (Å²) in [5, 5.41) is 3.50. The van der Waals surface area contributed by atoms with E-state index in [-0.39, 0.29) is 0 Å². The van der Waals surface area contributed by atoms with E-state index in [1.165, 1.54) is 18.6 Å². The first-order valence-electron chi connectivity index (χ1n) is 6.53. The number of benzene rings is 1. The molecule has 1 aliphatic heterocycles. The summed E-state index contributed by atoms with van der Waals surface area (Å²) < 4.78 is 5.87. The van der Waals surface area contributed by atoms with Crippen LogP contribution in [0.2, 0.25) is 0 Å². The van der Waals surface area contributed by atoms with Crippen LogP contribution in [0.4, 0.5) is 11.4 Å².